The lowest BCUT2D eigenvalue weighted by atomic mass is 10.2. The minimum atomic E-state index is -4.37. The highest BCUT2D eigenvalue weighted by molar-refractivity contribution is 14.2. The predicted octanol–water partition coefficient (Wildman–Crippen LogP) is 4.92. The minimum Gasteiger partial charge on any atom is -0.436 e. The average molecular weight is 391 g/mol. The summed E-state index contributed by atoms with van der Waals surface area (Å²) in [5.74, 6) is 0.360. The number of fused-ring (bicyclic) bond motifs is 1. The van der Waals surface area contributed by atoms with E-state index in [2.05, 4.69) is 9.00 Å². The molecule has 2 aromatic rings. The fourth-order valence-corrected chi connectivity index (χ4v) is 3.50. The van der Waals surface area contributed by atoms with E-state index in [9.17, 15) is 13.2 Å². The van der Waals surface area contributed by atoms with Crippen molar-refractivity contribution in [1.82, 2.24) is 4.98 Å². The largest absolute Gasteiger partial charge is 0.436 e. The Morgan fingerprint density at radius 1 is 1.25 bits per heavy atom. The predicted molar refractivity (Wildman–Crippen MR) is 80.8 cm³/mol. The zero-order valence-electron chi connectivity index (χ0n) is 10.3. The maximum absolute atomic E-state index is 12.6. The first kappa shape index (κ1) is 13.5. The van der Waals surface area contributed by atoms with Crippen molar-refractivity contribution in [2.24, 2.45) is 0 Å². The Kier molecular flexibility index (Phi) is 3.27. The Balaban J connectivity index is 2.08. The Morgan fingerprint density at radius 2 is 2.05 bits per heavy atom. The van der Waals surface area contributed by atoms with Gasteiger partial charge in [-0.1, -0.05) is 20.7 Å². The normalized spacial score (nSPS) is 15.8. The van der Waals surface area contributed by atoms with Crippen LogP contribution in [0.15, 0.2) is 38.3 Å². The third-order valence-electron chi connectivity index (χ3n) is 2.79. The molecule has 0 spiro atoms. The van der Waals surface area contributed by atoms with E-state index in [1.165, 1.54) is 9.65 Å². The lowest BCUT2D eigenvalue weighted by molar-refractivity contribution is -0.137. The number of hydrogen-bond acceptors (Lipinski definition) is 2. The standard InChI is InChI=1S/C14H9F3INO/c1-8-6-9(4-5-18-8)13-19-11-7-10(14(15,16)17)2-3-12(11)20-13/h2-7H,1H3. The molecule has 0 N–H and O–H groups in total. The summed E-state index contributed by atoms with van der Waals surface area (Å²) in [7, 11) is 0. The van der Waals surface area contributed by atoms with E-state index in [1.807, 2.05) is 19.1 Å². The molecular weight excluding hydrogens is 382 g/mol. The molecule has 0 saturated carbocycles. The summed E-state index contributed by atoms with van der Waals surface area (Å²) in [5, 5.41) is 0. The van der Waals surface area contributed by atoms with Crippen LogP contribution >= 0.6 is 20.7 Å². The number of oxazole rings is 1. The van der Waals surface area contributed by atoms with E-state index in [0.717, 1.165) is 17.7 Å². The molecule has 1 aromatic carbocycles. The van der Waals surface area contributed by atoms with Gasteiger partial charge in [-0.05, 0) is 44.9 Å². The van der Waals surface area contributed by atoms with Crippen LogP contribution < -0.4 is 0 Å². The van der Waals surface area contributed by atoms with Gasteiger partial charge in [0.25, 0.3) is 0 Å². The lowest BCUT2D eigenvalue weighted by Crippen LogP contribution is -2.03. The van der Waals surface area contributed by atoms with Crippen LogP contribution in [0.5, 0.6) is 0 Å². The molecule has 0 radical (unpaired) electrons. The van der Waals surface area contributed by atoms with Gasteiger partial charge in [0.2, 0.25) is 5.89 Å². The van der Waals surface area contributed by atoms with Gasteiger partial charge in [0.05, 0.1) is 5.56 Å². The fraction of sp³-hybridized carbons (Fsp3) is 0.143. The molecule has 0 atom stereocenters. The second-order valence-corrected chi connectivity index (χ2v) is 7.33. The molecule has 0 amide bonds. The van der Waals surface area contributed by atoms with Gasteiger partial charge in [-0.3, -0.25) is 0 Å². The molecular formula is C14H9F3INO. The maximum atomic E-state index is 12.6. The number of halogens is 4. The summed E-state index contributed by atoms with van der Waals surface area (Å²) in [4.78, 5) is 4.16. The molecule has 0 unspecified atom stereocenters. The molecule has 1 aromatic heterocycles. The molecule has 104 valence electrons. The first-order valence-electron chi connectivity index (χ1n) is 5.77. The molecule has 0 fully saturated rings. The fourth-order valence-electron chi connectivity index (χ4n) is 1.85. The Hall–Kier alpha value is -1.44. The van der Waals surface area contributed by atoms with Crippen LogP contribution in [0.4, 0.5) is 13.2 Å². The van der Waals surface area contributed by atoms with Gasteiger partial charge in [-0.25, -0.2) is 4.98 Å². The van der Waals surface area contributed by atoms with Crippen LogP contribution in [0.1, 0.15) is 18.4 Å². The molecule has 0 aliphatic carbocycles. The number of alkyl halides is 3. The second-order valence-electron chi connectivity index (χ2n) is 4.29. The highest BCUT2D eigenvalue weighted by Crippen LogP contribution is 2.33. The van der Waals surface area contributed by atoms with Crippen molar-refractivity contribution in [3.8, 4) is 0 Å². The third-order valence-corrected chi connectivity index (χ3v) is 4.81. The van der Waals surface area contributed by atoms with Gasteiger partial charge in [0.15, 0.2) is 5.58 Å². The summed E-state index contributed by atoms with van der Waals surface area (Å²) in [6, 6.07) is 3.33. The highest BCUT2D eigenvalue weighted by Gasteiger charge is 2.31. The van der Waals surface area contributed by atoms with Crippen molar-refractivity contribution in [1.29, 1.82) is 0 Å². The molecule has 1 aliphatic heterocycles. The van der Waals surface area contributed by atoms with Crippen molar-refractivity contribution in [3.63, 3.8) is 0 Å². The first-order chi connectivity index (χ1) is 9.43. The maximum Gasteiger partial charge on any atom is 0.416 e. The topological polar surface area (TPSA) is 26.0 Å². The number of nitrogens with zero attached hydrogens (tertiary/aromatic N) is 1. The van der Waals surface area contributed by atoms with Crippen LogP contribution in [0.3, 0.4) is 0 Å². The molecule has 3 rings (SSSR count). The van der Waals surface area contributed by atoms with Crippen LogP contribution in [0, 0.1) is 0 Å². The summed E-state index contributed by atoms with van der Waals surface area (Å²) in [6.45, 7) is 2.03. The quantitative estimate of drug-likeness (QED) is 0.646. The van der Waals surface area contributed by atoms with E-state index < -0.39 is 11.7 Å². The second kappa shape index (κ2) is 4.83. The van der Waals surface area contributed by atoms with E-state index in [4.69, 9.17) is 4.42 Å². The summed E-state index contributed by atoms with van der Waals surface area (Å²) in [5.41, 5.74) is 0.673. The Labute approximate surface area is 122 Å². The number of benzene rings is 1. The Morgan fingerprint density at radius 3 is 2.75 bits per heavy atom. The average Bonchev–Trinajstić information content (AvgIpc) is 2.80. The number of allylic oxidation sites excluding steroid dienone is 4. The van der Waals surface area contributed by atoms with Gasteiger partial charge in [0.1, 0.15) is 5.52 Å². The van der Waals surface area contributed by atoms with Crippen LogP contribution in [0.2, 0.25) is 0 Å². The van der Waals surface area contributed by atoms with Gasteiger partial charge in [0, 0.05) is 5.57 Å². The SMILES string of the molecule is CC1=CC(c2nc3cc(C(F)(F)F)ccc3o2)=CC=I1. The van der Waals surface area contributed by atoms with Gasteiger partial charge in [-0.15, -0.1) is 0 Å². The van der Waals surface area contributed by atoms with Gasteiger partial charge < -0.3 is 4.42 Å². The van der Waals surface area contributed by atoms with Crippen molar-refractivity contribution in [2.75, 3.05) is 0 Å². The van der Waals surface area contributed by atoms with E-state index in [-0.39, 0.29) is 26.2 Å². The lowest BCUT2D eigenvalue weighted by Gasteiger charge is -2.04. The summed E-state index contributed by atoms with van der Waals surface area (Å²) in [6.07, 6.45) is -0.482. The van der Waals surface area contributed by atoms with E-state index in [0.29, 0.717) is 11.5 Å². The molecule has 0 bridgehead atoms. The number of hydrogen-bond donors (Lipinski definition) is 0. The van der Waals surface area contributed by atoms with Crippen LogP contribution in [-0.2, 0) is 6.18 Å². The smallest absolute Gasteiger partial charge is 0.416 e. The molecule has 1 aliphatic rings. The van der Waals surface area contributed by atoms with E-state index >= 15 is 0 Å². The van der Waals surface area contributed by atoms with Crippen molar-refractivity contribution in [3.05, 3.63) is 45.4 Å². The van der Waals surface area contributed by atoms with Gasteiger partial charge in [-0.2, -0.15) is 13.2 Å². The minimum absolute atomic E-state index is 0.0710. The zero-order valence-corrected chi connectivity index (χ0v) is 12.5. The molecule has 20 heavy (non-hydrogen) atoms. The molecule has 2 nitrogen and oxygen atoms in total. The van der Waals surface area contributed by atoms with Crippen molar-refractivity contribution >= 4 is 41.4 Å². The first-order valence-corrected chi connectivity index (χ1v) is 8.09. The third kappa shape index (κ3) is 2.56. The Bertz CT molecular complexity index is 768. The monoisotopic (exact) mass is 391 g/mol. The van der Waals surface area contributed by atoms with Crippen molar-refractivity contribution in [2.45, 2.75) is 13.1 Å². The molecule has 2 heterocycles. The van der Waals surface area contributed by atoms with Crippen molar-refractivity contribution < 1.29 is 17.6 Å². The van der Waals surface area contributed by atoms with Gasteiger partial charge >= 0.3 is 6.18 Å². The number of rotatable bonds is 1. The highest BCUT2D eigenvalue weighted by atomic mass is 127. The number of aromatic nitrogens is 1. The van der Waals surface area contributed by atoms with Crippen LogP contribution in [-0.4, -0.2) is 9.00 Å². The van der Waals surface area contributed by atoms with Crippen LogP contribution in [0.25, 0.3) is 16.7 Å². The summed E-state index contributed by atoms with van der Waals surface area (Å²) < 4.78 is 46.8. The zero-order chi connectivity index (χ0) is 14.3. The molecule has 0 saturated heterocycles. The molecule has 6 heteroatoms. The van der Waals surface area contributed by atoms with E-state index in [1.54, 1.807) is 0 Å². The summed E-state index contributed by atoms with van der Waals surface area (Å²) >= 11 is -0.0710.